The lowest BCUT2D eigenvalue weighted by molar-refractivity contribution is 0.102. The number of anilines is 1. The average molecular weight is 463 g/mol. The summed E-state index contributed by atoms with van der Waals surface area (Å²) < 4.78 is 2.23. The van der Waals surface area contributed by atoms with Crippen LogP contribution in [-0.2, 0) is 0 Å². The second-order valence-corrected chi connectivity index (χ2v) is 6.41. The molecule has 0 saturated heterocycles. The van der Waals surface area contributed by atoms with Gasteiger partial charge in [0.15, 0.2) is 0 Å². The van der Waals surface area contributed by atoms with Crippen molar-refractivity contribution in [1.29, 1.82) is 0 Å². The summed E-state index contributed by atoms with van der Waals surface area (Å²) in [6.07, 6.45) is 0. The summed E-state index contributed by atoms with van der Waals surface area (Å²) in [4.78, 5) is 12.1. The van der Waals surface area contributed by atoms with Crippen molar-refractivity contribution in [2.75, 3.05) is 5.32 Å². The molecular weight excluding hydrogens is 452 g/mol. The first-order valence-corrected chi connectivity index (χ1v) is 7.55. The first-order valence-electron chi connectivity index (χ1n) is 5.39. The van der Waals surface area contributed by atoms with Crippen molar-refractivity contribution >= 4 is 56.8 Å². The van der Waals surface area contributed by atoms with Gasteiger partial charge in [0, 0.05) is 18.4 Å². The van der Waals surface area contributed by atoms with Crippen molar-refractivity contribution in [1.82, 2.24) is 0 Å². The van der Waals surface area contributed by atoms with Crippen LogP contribution < -0.4 is 5.32 Å². The van der Waals surface area contributed by atoms with E-state index in [-0.39, 0.29) is 5.91 Å². The lowest BCUT2D eigenvalue weighted by atomic mass is 10.1. The Balaban J connectivity index is 2.21. The molecule has 0 atom stereocenters. The van der Waals surface area contributed by atoms with Crippen LogP contribution in [0.1, 0.15) is 15.9 Å². The lowest BCUT2D eigenvalue weighted by Gasteiger charge is -2.09. The largest absolute Gasteiger partial charge is 0.322 e. The van der Waals surface area contributed by atoms with Crippen molar-refractivity contribution in [2.45, 2.75) is 6.92 Å². The van der Waals surface area contributed by atoms with Gasteiger partial charge in [-0.05, 0) is 94.1 Å². The SMILES string of the molecule is Cc1ccc(I)cc1NC(=O)c1ccc(I)cc1. The second kappa shape index (κ2) is 6.01. The molecule has 2 aromatic carbocycles. The van der Waals surface area contributed by atoms with Crippen molar-refractivity contribution in [3.8, 4) is 0 Å². The molecule has 0 bridgehead atoms. The van der Waals surface area contributed by atoms with Crippen molar-refractivity contribution < 1.29 is 4.79 Å². The van der Waals surface area contributed by atoms with E-state index in [1.54, 1.807) is 0 Å². The molecule has 4 heteroatoms. The van der Waals surface area contributed by atoms with Crippen LogP contribution in [0, 0.1) is 14.1 Å². The monoisotopic (exact) mass is 463 g/mol. The summed E-state index contributed by atoms with van der Waals surface area (Å²) in [5.74, 6) is -0.0727. The Kier molecular flexibility index (Phi) is 4.60. The van der Waals surface area contributed by atoms with Crippen LogP contribution in [0.4, 0.5) is 5.69 Å². The molecule has 18 heavy (non-hydrogen) atoms. The Morgan fingerprint density at radius 2 is 1.61 bits per heavy atom. The first-order chi connectivity index (χ1) is 8.56. The molecule has 0 spiro atoms. The van der Waals surface area contributed by atoms with Crippen LogP contribution >= 0.6 is 45.2 Å². The third kappa shape index (κ3) is 3.44. The number of hydrogen-bond donors (Lipinski definition) is 1. The number of aryl methyl sites for hydroxylation is 1. The maximum atomic E-state index is 12.1. The van der Waals surface area contributed by atoms with E-state index in [9.17, 15) is 4.79 Å². The fraction of sp³-hybridized carbons (Fsp3) is 0.0714. The maximum Gasteiger partial charge on any atom is 0.255 e. The van der Waals surface area contributed by atoms with Crippen LogP contribution in [0.3, 0.4) is 0 Å². The maximum absolute atomic E-state index is 12.1. The zero-order valence-electron chi connectivity index (χ0n) is 9.71. The Morgan fingerprint density at radius 1 is 1.00 bits per heavy atom. The third-order valence-electron chi connectivity index (χ3n) is 2.55. The summed E-state index contributed by atoms with van der Waals surface area (Å²) in [6.45, 7) is 1.99. The van der Waals surface area contributed by atoms with Crippen molar-refractivity contribution in [3.63, 3.8) is 0 Å². The van der Waals surface area contributed by atoms with Gasteiger partial charge in [0.1, 0.15) is 0 Å². The number of carbonyl (C=O) groups is 1. The molecule has 0 aromatic heterocycles. The summed E-state index contributed by atoms with van der Waals surface area (Å²) in [6, 6.07) is 13.5. The number of benzene rings is 2. The van der Waals surface area contributed by atoms with E-state index >= 15 is 0 Å². The molecule has 0 unspecified atom stereocenters. The Labute approximate surface area is 133 Å². The Bertz CT molecular complexity index is 579. The molecule has 2 aromatic rings. The van der Waals surface area contributed by atoms with Gasteiger partial charge in [0.05, 0.1) is 0 Å². The smallest absolute Gasteiger partial charge is 0.255 e. The van der Waals surface area contributed by atoms with Gasteiger partial charge in [-0.25, -0.2) is 0 Å². The summed E-state index contributed by atoms with van der Waals surface area (Å²) in [7, 11) is 0. The summed E-state index contributed by atoms with van der Waals surface area (Å²) in [5.41, 5.74) is 2.61. The second-order valence-electron chi connectivity index (χ2n) is 3.92. The molecule has 2 nitrogen and oxygen atoms in total. The lowest BCUT2D eigenvalue weighted by Crippen LogP contribution is -2.12. The van der Waals surface area contributed by atoms with E-state index in [4.69, 9.17) is 0 Å². The van der Waals surface area contributed by atoms with Crippen LogP contribution in [0.25, 0.3) is 0 Å². The van der Waals surface area contributed by atoms with E-state index in [1.165, 1.54) is 0 Å². The number of nitrogens with one attached hydrogen (secondary N) is 1. The van der Waals surface area contributed by atoms with Gasteiger partial charge in [-0.1, -0.05) is 6.07 Å². The van der Waals surface area contributed by atoms with Gasteiger partial charge in [0.2, 0.25) is 0 Å². The fourth-order valence-corrected chi connectivity index (χ4v) is 2.38. The molecule has 0 heterocycles. The number of carbonyl (C=O) groups excluding carboxylic acids is 1. The van der Waals surface area contributed by atoms with Crippen LogP contribution in [-0.4, -0.2) is 5.91 Å². The molecule has 92 valence electrons. The third-order valence-corrected chi connectivity index (χ3v) is 3.94. The minimum absolute atomic E-state index is 0.0727. The zero-order valence-corrected chi connectivity index (χ0v) is 14.0. The van der Waals surface area contributed by atoms with Gasteiger partial charge >= 0.3 is 0 Å². The van der Waals surface area contributed by atoms with Crippen LogP contribution in [0.2, 0.25) is 0 Å². The summed E-state index contributed by atoms with van der Waals surface area (Å²) >= 11 is 4.46. The molecule has 0 saturated carbocycles. The molecule has 0 aliphatic carbocycles. The van der Waals surface area contributed by atoms with E-state index in [1.807, 2.05) is 49.4 Å². The molecule has 0 fully saturated rings. The quantitative estimate of drug-likeness (QED) is 0.656. The highest BCUT2D eigenvalue weighted by Crippen LogP contribution is 2.19. The van der Waals surface area contributed by atoms with E-state index in [2.05, 4.69) is 50.5 Å². The molecule has 0 aliphatic rings. The number of hydrogen-bond acceptors (Lipinski definition) is 1. The minimum Gasteiger partial charge on any atom is -0.322 e. The average Bonchev–Trinajstić information content (AvgIpc) is 2.34. The van der Waals surface area contributed by atoms with E-state index in [0.29, 0.717) is 5.56 Å². The molecule has 0 radical (unpaired) electrons. The molecule has 1 N–H and O–H groups in total. The Morgan fingerprint density at radius 3 is 2.28 bits per heavy atom. The normalized spacial score (nSPS) is 10.2. The molecular formula is C14H11I2NO. The number of rotatable bonds is 2. The van der Waals surface area contributed by atoms with E-state index < -0.39 is 0 Å². The molecule has 2 rings (SSSR count). The van der Waals surface area contributed by atoms with Crippen LogP contribution in [0.15, 0.2) is 42.5 Å². The minimum atomic E-state index is -0.0727. The number of amides is 1. The van der Waals surface area contributed by atoms with Gasteiger partial charge in [-0.3, -0.25) is 4.79 Å². The van der Waals surface area contributed by atoms with Crippen molar-refractivity contribution in [3.05, 3.63) is 60.7 Å². The predicted molar refractivity (Wildman–Crippen MR) is 91.0 cm³/mol. The standard InChI is InChI=1S/C14H11I2NO/c1-9-2-5-12(16)8-13(9)17-14(18)10-3-6-11(15)7-4-10/h2-8H,1H3,(H,17,18). The molecule has 1 amide bonds. The highest BCUT2D eigenvalue weighted by molar-refractivity contribution is 14.1. The van der Waals surface area contributed by atoms with Crippen LogP contribution in [0.5, 0.6) is 0 Å². The number of halogens is 2. The summed E-state index contributed by atoms with van der Waals surface area (Å²) in [5, 5.41) is 2.94. The zero-order chi connectivity index (χ0) is 13.1. The topological polar surface area (TPSA) is 29.1 Å². The fourth-order valence-electron chi connectivity index (χ4n) is 1.52. The highest BCUT2D eigenvalue weighted by atomic mass is 127. The van der Waals surface area contributed by atoms with Gasteiger partial charge in [0.25, 0.3) is 5.91 Å². The Hall–Kier alpha value is -0.630. The van der Waals surface area contributed by atoms with Gasteiger partial charge in [-0.15, -0.1) is 0 Å². The predicted octanol–water partition coefficient (Wildman–Crippen LogP) is 4.46. The van der Waals surface area contributed by atoms with E-state index in [0.717, 1.165) is 18.4 Å². The van der Waals surface area contributed by atoms with Crippen molar-refractivity contribution in [2.24, 2.45) is 0 Å². The highest BCUT2D eigenvalue weighted by Gasteiger charge is 2.07. The van der Waals surface area contributed by atoms with Gasteiger partial charge < -0.3 is 5.32 Å². The van der Waals surface area contributed by atoms with Gasteiger partial charge in [-0.2, -0.15) is 0 Å². The first kappa shape index (κ1) is 13.8. The molecule has 0 aliphatic heterocycles.